The van der Waals surface area contributed by atoms with E-state index < -0.39 is 0 Å². The molecular formula is C20H22N4O3. The summed E-state index contributed by atoms with van der Waals surface area (Å²) in [6, 6.07) is 14.1. The summed E-state index contributed by atoms with van der Waals surface area (Å²) < 4.78 is 16.1. The van der Waals surface area contributed by atoms with Gasteiger partial charge in [-0.3, -0.25) is 0 Å². The van der Waals surface area contributed by atoms with Crippen molar-refractivity contribution in [2.24, 2.45) is 0 Å². The van der Waals surface area contributed by atoms with Crippen molar-refractivity contribution in [1.82, 2.24) is 21.0 Å². The standard InChI is InChI=1S/C20H22N4O3/c1-12-6-4-5-7-14(12)15-11-16(23-22-15)20-21-19(24-27-20)13-8-9-17(25-2)18(10-13)26-3/h4-10,15-16,22-23H,11H2,1-3H3. The molecule has 3 aromatic rings. The van der Waals surface area contributed by atoms with E-state index in [0.29, 0.717) is 23.2 Å². The van der Waals surface area contributed by atoms with Gasteiger partial charge in [0.2, 0.25) is 11.7 Å². The second-order valence-corrected chi connectivity index (χ2v) is 6.51. The summed E-state index contributed by atoms with van der Waals surface area (Å²) in [4.78, 5) is 4.57. The molecule has 0 amide bonds. The Morgan fingerprint density at radius 2 is 1.78 bits per heavy atom. The Morgan fingerprint density at radius 1 is 1.00 bits per heavy atom. The lowest BCUT2D eigenvalue weighted by atomic mass is 9.98. The third kappa shape index (κ3) is 3.39. The average Bonchev–Trinajstić information content (AvgIpc) is 3.37. The van der Waals surface area contributed by atoms with Gasteiger partial charge in [0.15, 0.2) is 11.5 Å². The fraction of sp³-hybridized carbons (Fsp3) is 0.300. The van der Waals surface area contributed by atoms with Crippen LogP contribution in [0, 0.1) is 6.92 Å². The van der Waals surface area contributed by atoms with Gasteiger partial charge in [0.05, 0.1) is 14.2 Å². The maximum absolute atomic E-state index is 5.51. The van der Waals surface area contributed by atoms with Crippen LogP contribution in [0.25, 0.3) is 11.4 Å². The SMILES string of the molecule is COc1ccc(-c2noc(C3CC(c4ccccc4C)NN3)n2)cc1OC. The number of methoxy groups -OCH3 is 2. The smallest absolute Gasteiger partial charge is 0.245 e. The molecule has 2 aromatic carbocycles. The predicted octanol–water partition coefficient (Wildman–Crippen LogP) is 3.34. The lowest BCUT2D eigenvalue weighted by Gasteiger charge is -2.12. The van der Waals surface area contributed by atoms with E-state index in [1.54, 1.807) is 14.2 Å². The molecule has 2 unspecified atom stereocenters. The monoisotopic (exact) mass is 366 g/mol. The van der Waals surface area contributed by atoms with Crippen molar-refractivity contribution in [1.29, 1.82) is 0 Å². The normalized spacial score (nSPS) is 19.2. The number of hydrogen-bond acceptors (Lipinski definition) is 7. The Kier molecular flexibility index (Phi) is 4.79. The van der Waals surface area contributed by atoms with E-state index in [0.717, 1.165) is 12.0 Å². The van der Waals surface area contributed by atoms with Crippen LogP contribution in [0.1, 0.15) is 35.5 Å². The molecule has 0 bridgehead atoms. The van der Waals surface area contributed by atoms with Crippen LogP contribution in [-0.2, 0) is 0 Å². The molecule has 2 atom stereocenters. The van der Waals surface area contributed by atoms with Crippen LogP contribution in [0.2, 0.25) is 0 Å². The van der Waals surface area contributed by atoms with Gasteiger partial charge in [-0.1, -0.05) is 29.4 Å². The first kappa shape index (κ1) is 17.5. The van der Waals surface area contributed by atoms with Gasteiger partial charge in [0, 0.05) is 11.6 Å². The number of aryl methyl sites for hydroxylation is 1. The number of nitrogens with zero attached hydrogens (tertiary/aromatic N) is 2. The van der Waals surface area contributed by atoms with Gasteiger partial charge >= 0.3 is 0 Å². The van der Waals surface area contributed by atoms with E-state index in [4.69, 9.17) is 14.0 Å². The molecule has 4 rings (SSSR count). The minimum atomic E-state index is -0.0454. The molecule has 0 radical (unpaired) electrons. The highest BCUT2D eigenvalue weighted by atomic mass is 16.5. The van der Waals surface area contributed by atoms with E-state index >= 15 is 0 Å². The quantitative estimate of drug-likeness (QED) is 0.717. The highest BCUT2D eigenvalue weighted by Crippen LogP contribution is 2.34. The largest absolute Gasteiger partial charge is 0.493 e. The highest BCUT2D eigenvalue weighted by Gasteiger charge is 2.31. The number of ether oxygens (including phenoxy) is 2. The molecular weight excluding hydrogens is 344 g/mol. The van der Waals surface area contributed by atoms with Gasteiger partial charge in [-0.25, -0.2) is 10.9 Å². The van der Waals surface area contributed by atoms with Crippen molar-refractivity contribution in [3.05, 3.63) is 59.5 Å². The summed E-state index contributed by atoms with van der Waals surface area (Å²) in [7, 11) is 3.21. The molecule has 2 N–H and O–H groups in total. The lowest BCUT2D eigenvalue weighted by Crippen LogP contribution is -2.27. The maximum atomic E-state index is 5.51. The van der Waals surface area contributed by atoms with E-state index in [1.807, 2.05) is 24.3 Å². The number of benzene rings is 2. The Labute approximate surface area is 157 Å². The zero-order valence-electron chi connectivity index (χ0n) is 15.5. The van der Waals surface area contributed by atoms with Crippen LogP contribution < -0.4 is 20.3 Å². The molecule has 0 saturated carbocycles. The molecule has 27 heavy (non-hydrogen) atoms. The van der Waals surface area contributed by atoms with Crippen molar-refractivity contribution < 1.29 is 14.0 Å². The molecule has 1 fully saturated rings. The van der Waals surface area contributed by atoms with Crippen molar-refractivity contribution in [3.63, 3.8) is 0 Å². The summed E-state index contributed by atoms with van der Waals surface area (Å²) in [5, 5.41) is 4.13. The first-order chi connectivity index (χ1) is 13.2. The Balaban J connectivity index is 1.53. The molecule has 0 spiro atoms. The van der Waals surface area contributed by atoms with Crippen molar-refractivity contribution >= 4 is 0 Å². The zero-order chi connectivity index (χ0) is 18.8. The Hall–Kier alpha value is -2.90. The summed E-state index contributed by atoms with van der Waals surface area (Å²) in [6.45, 7) is 2.12. The molecule has 1 aliphatic rings. The number of hydrogen-bond donors (Lipinski definition) is 2. The van der Waals surface area contributed by atoms with Crippen molar-refractivity contribution in [3.8, 4) is 22.9 Å². The van der Waals surface area contributed by atoms with E-state index in [9.17, 15) is 0 Å². The molecule has 2 heterocycles. The molecule has 0 aliphatic carbocycles. The minimum Gasteiger partial charge on any atom is -0.493 e. The first-order valence-electron chi connectivity index (χ1n) is 8.82. The van der Waals surface area contributed by atoms with Gasteiger partial charge in [-0.15, -0.1) is 0 Å². The predicted molar refractivity (Wildman–Crippen MR) is 100 cm³/mol. The van der Waals surface area contributed by atoms with Crippen LogP contribution in [0.3, 0.4) is 0 Å². The number of aromatic nitrogens is 2. The van der Waals surface area contributed by atoms with Crippen molar-refractivity contribution in [2.75, 3.05) is 14.2 Å². The zero-order valence-corrected chi connectivity index (χ0v) is 15.5. The Bertz CT molecular complexity index is 940. The molecule has 7 nitrogen and oxygen atoms in total. The lowest BCUT2D eigenvalue weighted by molar-refractivity contribution is 0.340. The number of rotatable bonds is 5. The van der Waals surface area contributed by atoms with Gasteiger partial charge in [0.1, 0.15) is 6.04 Å². The average molecular weight is 366 g/mol. The maximum Gasteiger partial charge on any atom is 0.245 e. The molecule has 140 valence electrons. The fourth-order valence-electron chi connectivity index (χ4n) is 3.37. The topological polar surface area (TPSA) is 81.4 Å². The Morgan fingerprint density at radius 3 is 2.56 bits per heavy atom. The number of nitrogens with one attached hydrogen (secondary N) is 2. The van der Waals surface area contributed by atoms with Crippen LogP contribution >= 0.6 is 0 Å². The van der Waals surface area contributed by atoms with E-state index in [2.05, 4.69) is 46.1 Å². The summed E-state index contributed by atoms with van der Waals surface area (Å²) in [5.41, 5.74) is 9.93. The minimum absolute atomic E-state index is 0.0454. The summed E-state index contributed by atoms with van der Waals surface area (Å²) >= 11 is 0. The van der Waals surface area contributed by atoms with Gasteiger partial charge in [0.25, 0.3) is 0 Å². The van der Waals surface area contributed by atoms with E-state index in [-0.39, 0.29) is 12.1 Å². The number of hydrazine groups is 1. The van der Waals surface area contributed by atoms with Crippen LogP contribution in [0.5, 0.6) is 11.5 Å². The summed E-state index contributed by atoms with van der Waals surface area (Å²) in [5.74, 6) is 2.37. The molecule has 1 saturated heterocycles. The molecule has 1 aliphatic heterocycles. The van der Waals surface area contributed by atoms with Gasteiger partial charge in [-0.05, 0) is 42.7 Å². The second kappa shape index (κ2) is 7.38. The van der Waals surface area contributed by atoms with Gasteiger partial charge in [-0.2, -0.15) is 4.98 Å². The summed E-state index contributed by atoms with van der Waals surface area (Å²) in [6.07, 6.45) is 0.832. The highest BCUT2D eigenvalue weighted by molar-refractivity contribution is 5.60. The molecule has 1 aromatic heterocycles. The van der Waals surface area contributed by atoms with Crippen LogP contribution in [-0.4, -0.2) is 24.4 Å². The van der Waals surface area contributed by atoms with Crippen LogP contribution in [0.15, 0.2) is 47.0 Å². The van der Waals surface area contributed by atoms with Crippen LogP contribution in [0.4, 0.5) is 0 Å². The van der Waals surface area contributed by atoms with Crippen molar-refractivity contribution in [2.45, 2.75) is 25.4 Å². The van der Waals surface area contributed by atoms with E-state index in [1.165, 1.54) is 11.1 Å². The van der Waals surface area contributed by atoms with Gasteiger partial charge < -0.3 is 14.0 Å². The fourth-order valence-corrected chi connectivity index (χ4v) is 3.37. The third-order valence-corrected chi connectivity index (χ3v) is 4.85. The third-order valence-electron chi connectivity index (χ3n) is 4.85. The molecule has 7 heteroatoms. The second-order valence-electron chi connectivity index (χ2n) is 6.51. The first-order valence-corrected chi connectivity index (χ1v) is 8.82.